The predicted octanol–water partition coefficient (Wildman–Crippen LogP) is 0.498. The monoisotopic (exact) mass is 251 g/mol. The molecule has 4 N–H and O–H groups in total. The number of anilines is 1. The van der Waals surface area contributed by atoms with E-state index < -0.39 is 17.8 Å². The first-order valence-electron chi connectivity index (χ1n) is 5.66. The van der Waals surface area contributed by atoms with Gasteiger partial charge in [0.2, 0.25) is 5.91 Å². The third-order valence-electron chi connectivity index (χ3n) is 3.09. The SMILES string of the molecule is NC(=O)C1CCCN1C(=O)c1ccc(F)c(N)c1. The molecule has 0 bridgehead atoms. The van der Waals surface area contributed by atoms with Gasteiger partial charge in [0.1, 0.15) is 11.9 Å². The number of benzene rings is 1. The van der Waals surface area contributed by atoms with Gasteiger partial charge in [-0.15, -0.1) is 0 Å². The molecule has 1 heterocycles. The van der Waals surface area contributed by atoms with Crippen LogP contribution in [-0.4, -0.2) is 29.3 Å². The zero-order chi connectivity index (χ0) is 13.3. The predicted molar refractivity (Wildman–Crippen MR) is 64.1 cm³/mol. The molecule has 1 aliphatic heterocycles. The molecule has 18 heavy (non-hydrogen) atoms. The molecule has 1 aliphatic rings. The molecular weight excluding hydrogens is 237 g/mol. The van der Waals surface area contributed by atoms with Crippen molar-refractivity contribution < 1.29 is 14.0 Å². The topological polar surface area (TPSA) is 89.4 Å². The van der Waals surface area contributed by atoms with E-state index in [9.17, 15) is 14.0 Å². The van der Waals surface area contributed by atoms with Gasteiger partial charge in [0, 0.05) is 12.1 Å². The standard InChI is InChI=1S/C12H14FN3O2/c13-8-4-3-7(6-9(8)14)12(18)16-5-1-2-10(16)11(15)17/h3-4,6,10H,1-2,5,14H2,(H2,15,17). The lowest BCUT2D eigenvalue weighted by atomic mass is 10.1. The van der Waals surface area contributed by atoms with E-state index in [0.717, 1.165) is 12.5 Å². The lowest BCUT2D eigenvalue weighted by Gasteiger charge is -2.22. The first kappa shape index (κ1) is 12.3. The van der Waals surface area contributed by atoms with Crippen molar-refractivity contribution in [3.63, 3.8) is 0 Å². The van der Waals surface area contributed by atoms with E-state index in [1.165, 1.54) is 17.0 Å². The summed E-state index contributed by atoms with van der Waals surface area (Å²) in [5, 5.41) is 0. The fraction of sp³-hybridized carbons (Fsp3) is 0.333. The summed E-state index contributed by atoms with van der Waals surface area (Å²) in [5.41, 5.74) is 10.8. The molecule has 2 amide bonds. The number of primary amides is 1. The van der Waals surface area contributed by atoms with Crippen molar-refractivity contribution in [2.75, 3.05) is 12.3 Å². The Morgan fingerprint density at radius 1 is 1.39 bits per heavy atom. The molecule has 5 nitrogen and oxygen atoms in total. The van der Waals surface area contributed by atoms with Crippen LogP contribution in [0.2, 0.25) is 0 Å². The number of carbonyl (C=O) groups excluding carboxylic acids is 2. The molecule has 1 unspecified atom stereocenters. The van der Waals surface area contributed by atoms with Gasteiger partial charge in [-0.2, -0.15) is 0 Å². The van der Waals surface area contributed by atoms with E-state index in [0.29, 0.717) is 13.0 Å². The van der Waals surface area contributed by atoms with Crippen LogP contribution < -0.4 is 11.5 Å². The molecule has 0 aromatic heterocycles. The maximum absolute atomic E-state index is 13.0. The summed E-state index contributed by atoms with van der Waals surface area (Å²) >= 11 is 0. The zero-order valence-electron chi connectivity index (χ0n) is 9.73. The second kappa shape index (κ2) is 4.64. The third-order valence-corrected chi connectivity index (χ3v) is 3.09. The summed E-state index contributed by atoms with van der Waals surface area (Å²) in [7, 11) is 0. The highest BCUT2D eigenvalue weighted by molar-refractivity contribution is 5.98. The van der Waals surface area contributed by atoms with Crippen LogP contribution in [0.3, 0.4) is 0 Å². The van der Waals surface area contributed by atoms with Gasteiger partial charge >= 0.3 is 0 Å². The normalized spacial score (nSPS) is 18.9. The molecule has 6 heteroatoms. The Morgan fingerprint density at radius 2 is 2.11 bits per heavy atom. The molecular formula is C12H14FN3O2. The molecule has 96 valence electrons. The maximum Gasteiger partial charge on any atom is 0.254 e. The van der Waals surface area contributed by atoms with Crippen LogP contribution >= 0.6 is 0 Å². The minimum Gasteiger partial charge on any atom is -0.396 e. The quantitative estimate of drug-likeness (QED) is 0.750. The van der Waals surface area contributed by atoms with E-state index in [-0.39, 0.29) is 17.2 Å². The highest BCUT2D eigenvalue weighted by Gasteiger charge is 2.33. The first-order chi connectivity index (χ1) is 8.50. The summed E-state index contributed by atoms with van der Waals surface area (Å²) in [5.74, 6) is -1.43. The molecule has 0 radical (unpaired) electrons. The molecule has 1 atom stereocenters. The van der Waals surface area contributed by atoms with Gasteiger partial charge in [-0.1, -0.05) is 0 Å². The van der Waals surface area contributed by atoms with Crippen LogP contribution in [0.25, 0.3) is 0 Å². The number of nitrogens with two attached hydrogens (primary N) is 2. The number of nitrogens with zero attached hydrogens (tertiary/aromatic N) is 1. The fourth-order valence-corrected chi connectivity index (χ4v) is 2.15. The van der Waals surface area contributed by atoms with Crippen molar-refractivity contribution in [2.24, 2.45) is 5.73 Å². The first-order valence-corrected chi connectivity index (χ1v) is 5.66. The lowest BCUT2D eigenvalue weighted by Crippen LogP contribution is -2.43. The van der Waals surface area contributed by atoms with Crippen molar-refractivity contribution >= 4 is 17.5 Å². The highest BCUT2D eigenvalue weighted by atomic mass is 19.1. The van der Waals surface area contributed by atoms with Crippen molar-refractivity contribution in [3.8, 4) is 0 Å². The number of amides is 2. The minimum absolute atomic E-state index is 0.0873. The Morgan fingerprint density at radius 3 is 2.72 bits per heavy atom. The molecule has 0 spiro atoms. The van der Waals surface area contributed by atoms with E-state index in [1.54, 1.807) is 0 Å². The highest BCUT2D eigenvalue weighted by Crippen LogP contribution is 2.21. The van der Waals surface area contributed by atoms with Crippen molar-refractivity contribution in [1.82, 2.24) is 4.90 Å². The van der Waals surface area contributed by atoms with Crippen LogP contribution in [-0.2, 0) is 4.79 Å². The largest absolute Gasteiger partial charge is 0.396 e. The van der Waals surface area contributed by atoms with Crippen LogP contribution in [0.15, 0.2) is 18.2 Å². The molecule has 0 aliphatic carbocycles. The number of rotatable bonds is 2. The average Bonchev–Trinajstić information content (AvgIpc) is 2.81. The number of hydrogen-bond donors (Lipinski definition) is 2. The molecule has 1 fully saturated rings. The Balaban J connectivity index is 2.25. The van der Waals surface area contributed by atoms with Crippen LogP contribution in [0, 0.1) is 5.82 Å². The minimum atomic E-state index is -0.580. The second-order valence-electron chi connectivity index (χ2n) is 4.30. The van der Waals surface area contributed by atoms with E-state index >= 15 is 0 Å². The number of hydrogen-bond acceptors (Lipinski definition) is 3. The molecule has 2 rings (SSSR count). The number of halogens is 1. The van der Waals surface area contributed by atoms with Crippen LogP contribution in [0.1, 0.15) is 23.2 Å². The Labute approximate surface area is 104 Å². The number of likely N-dealkylation sites (tertiary alicyclic amines) is 1. The van der Waals surface area contributed by atoms with Gasteiger partial charge in [0.05, 0.1) is 5.69 Å². The van der Waals surface area contributed by atoms with Crippen molar-refractivity contribution in [2.45, 2.75) is 18.9 Å². The fourth-order valence-electron chi connectivity index (χ4n) is 2.15. The van der Waals surface area contributed by atoms with Gasteiger partial charge in [-0.25, -0.2) is 4.39 Å². The Bertz CT molecular complexity index is 504. The second-order valence-corrected chi connectivity index (χ2v) is 4.30. The van der Waals surface area contributed by atoms with Crippen LogP contribution in [0.4, 0.5) is 10.1 Å². The van der Waals surface area contributed by atoms with Gasteiger partial charge < -0.3 is 16.4 Å². The van der Waals surface area contributed by atoms with Gasteiger partial charge in [-0.3, -0.25) is 9.59 Å². The van der Waals surface area contributed by atoms with E-state index in [2.05, 4.69) is 0 Å². The average molecular weight is 251 g/mol. The molecule has 1 aromatic rings. The third kappa shape index (κ3) is 2.13. The summed E-state index contributed by atoms with van der Waals surface area (Å²) in [4.78, 5) is 24.8. The summed E-state index contributed by atoms with van der Waals surface area (Å²) in [6, 6.07) is 3.18. The lowest BCUT2D eigenvalue weighted by molar-refractivity contribution is -0.121. The van der Waals surface area contributed by atoms with Crippen LogP contribution in [0.5, 0.6) is 0 Å². The van der Waals surface area contributed by atoms with E-state index in [4.69, 9.17) is 11.5 Å². The number of carbonyl (C=O) groups is 2. The Hall–Kier alpha value is -2.11. The van der Waals surface area contributed by atoms with Gasteiger partial charge in [0.15, 0.2) is 0 Å². The summed E-state index contributed by atoms with van der Waals surface area (Å²) in [6.07, 6.45) is 1.30. The maximum atomic E-state index is 13.0. The van der Waals surface area contributed by atoms with E-state index in [1.807, 2.05) is 0 Å². The van der Waals surface area contributed by atoms with Crippen molar-refractivity contribution in [3.05, 3.63) is 29.6 Å². The molecule has 0 saturated carbocycles. The van der Waals surface area contributed by atoms with Gasteiger partial charge in [-0.05, 0) is 31.0 Å². The zero-order valence-corrected chi connectivity index (χ0v) is 9.73. The summed E-state index contributed by atoms with van der Waals surface area (Å²) in [6.45, 7) is 0.476. The molecule has 1 saturated heterocycles. The smallest absolute Gasteiger partial charge is 0.254 e. The summed E-state index contributed by atoms with van der Waals surface area (Å²) < 4.78 is 13.0. The van der Waals surface area contributed by atoms with Crippen molar-refractivity contribution in [1.29, 1.82) is 0 Å². The van der Waals surface area contributed by atoms with Gasteiger partial charge in [0.25, 0.3) is 5.91 Å². The number of nitrogen functional groups attached to an aromatic ring is 1. The molecule has 1 aromatic carbocycles. The Kier molecular flexibility index (Phi) is 3.18.